The lowest BCUT2D eigenvalue weighted by Gasteiger charge is -2.34. The molecule has 5 rings (SSSR count). The third kappa shape index (κ3) is 5.41. The van der Waals surface area contributed by atoms with Crippen molar-refractivity contribution in [2.45, 2.75) is 52.0 Å². The van der Waals surface area contributed by atoms with Gasteiger partial charge >= 0.3 is 0 Å². The quantitative estimate of drug-likeness (QED) is 0.421. The average Bonchev–Trinajstić information content (AvgIpc) is 2.94. The number of benzene rings is 2. The van der Waals surface area contributed by atoms with Crippen molar-refractivity contribution in [3.05, 3.63) is 71.4 Å². The predicted octanol–water partition coefficient (Wildman–Crippen LogP) is 5.59. The van der Waals surface area contributed by atoms with Crippen molar-refractivity contribution < 1.29 is 14.3 Å². The zero-order chi connectivity index (χ0) is 25.8. The van der Waals surface area contributed by atoms with Crippen molar-refractivity contribution in [1.29, 1.82) is 0 Å². The van der Waals surface area contributed by atoms with Crippen LogP contribution in [0.25, 0.3) is 0 Å². The minimum atomic E-state index is -0.170. The standard InChI is InChI=1S/C30H36N4O3/c1-4-23(22-10-6-5-7-11-22)29(35)34-19-16-25-24(20-34)28(37-27-13-9-8-12-26(27)36-3)32-30(31-25)33-17-14-21(2)15-18-33/h5-13,21,23H,4,14-20H2,1-3H3. The van der Waals surface area contributed by atoms with Crippen LogP contribution in [0.15, 0.2) is 54.6 Å². The molecule has 2 aromatic carbocycles. The molecule has 0 bridgehead atoms. The Bertz CT molecular complexity index is 1220. The van der Waals surface area contributed by atoms with Crippen LogP contribution >= 0.6 is 0 Å². The van der Waals surface area contributed by atoms with Gasteiger partial charge in [-0.05, 0) is 42.9 Å². The highest BCUT2D eigenvalue weighted by Crippen LogP contribution is 2.36. The van der Waals surface area contributed by atoms with Gasteiger partial charge in [-0.1, -0.05) is 56.3 Å². The van der Waals surface area contributed by atoms with E-state index in [2.05, 4.69) is 18.7 Å². The van der Waals surface area contributed by atoms with Crippen molar-refractivity contribution in [3.8, 4) is 17.4 Å². The molecule has 0 saturated carbocycles. The van der Waals surface area contributed by atoms with E-state index in [9.17, 15) is 4.79 Å². The summed E-state index contributed by atoms with van der Waals surface area (Å²) in [5.74, 6) is 3.15. The first kappa shape index (κ1) is 25.1. The summed E-state index contributed by atoms with van der Waals surface area (Å²) in [5.41, 5.74) is 2.89. The summed E-state index contributed by atoms with van der Waals surface area (Å²) in [6, 6.07) is 17.6. The lowest BCUT2D eigenvalue weighted by molar-refractivity contribution is -0.133. The summed E-state index contributed by atoms with van der Waals surface area (Å²) in [6.07, 6.45) is 3.68. The third-order valence-corrected chi connectivity index (χ3v) is 7.57. The van der Waals surface area contributed by atoms with Gasteiger partial charge in [-0.15, -0.1) is 0 Å². The maximum Gasteiger partial charge on any atom is 0.230 e. The van der Waals surface area contributed by atoms with E-state index in [-0.39, 0.29) is 11.8 Å². The highest BCUT2D eigenvalue weighted by Gasteiger charge is 2.32. The zero-order valence-electron chi connectivity index (χ0n) is 22.0. The van der Waals surface area contributed by atoms with Crippen molar-refractivity contribution in [3.63, 3.8) is 0 Å². The Hall–Kier alpha value is -3.61. The maximum atomic E-state index is 13.7. The minimum absolute atomic E-state index is 0.136. The molecular weight excluding hydrogens is 464 g/mol. The third-order valence-electron chi connectivity index (χ3n) is 7.57. The predicted molar refractivity (Wildman–Crippen MR) is 144 cm³/mol. The van der Waals surface area contributed by atoms with E-state index in [1.807, 2.05) is 59.5 Å². The SMILES string of the molecule is CCC(C(=O)N1CCc2nc(N3CCC(C)CC3)nc(Oc3ccccc3OC)c2C1)c1ccccc1. The number of hydrogen-bond acceptors (Lipinski definition) is 6. The fraction of sp³-hybridized carbons (Fsp3) is 0.433. The van der Waals surface area contributed by atoms with Gasteiger partial charge in [-0.3, -0.25) is 4.79 Å². The molecule has 3 aromatic rings. The molecule has 1 saturated heterocycles. The van der Waals surface area contributed by atoms with Crippen LogP contribution in [0.4, 0.5) is 5.95 Å². The van der Waals surface area contributed by atoms with Gasteiger partial charge < -0.3 is 19.3 Å². The molecule has 2 aliphatic rings. The van der Waals surface area contributed by atoms with E-state index in [1.54, 1.807) is 7.11 Å². The Kier molecular flexibility index (Phi) is 7.58. The minimum Gasteiger partial charge on any atom is -0.493 e. The van der Waals surface area contributed by atoms with Crippen LogP contribution in [-0.2, 0) is 17.8 Å². The monoisotopic (exact) mass is 500 g/mol. The van der Waals surface area contributed by atoms with Gasteiger partial charge in [0.25, 0.3) is 0 Å². The summed E-state index contributed by atoms with van der Waals surface area (Å²) < 4.78 is 11.9. The number of fused-ring (bicyclic) bond motifs is 1. The molecule has 7 heteroatoms. The number of para-hydroxylation sites is 2. The number of methoxy groups -OCH3 is 1. The highest BCUT2D eigenvalue weighted by molar-refractivity contribution is 5.84. The van der Waals surface area contributed by atoms with Crippen LogP contribution in [0.2, 0.25) is 0 Å². The van der Waals surface area contributed by atoms with E-state index in [4.69, 9.17) is 19.4 Å². The molecule has 194 valence electrons. The summed E-state index contributed by atoms with van der Waals surface area (Å²) >= 11 is 0. The lowest BCUT2D eigenvalue weighted by Crippen LogP contribution is -2.40. The molecule has 3 heterocycles. The molecule has 37 heavy (non-hydrogen) atoms. The van der Waals surface area contributed by atoms with Gasteiger partial charge in [-0.2, -0.15) is 4.98 Å². The molecule has 1 aromatic heterocycles. The van der Waals surface area contributed by atoms with Crippen LogP contribution in [-0.4, -0.2) is 47.5 Å². The Morgan fingerprint density at radius 1 is 1.00 bits per heavy atom. The number of ether oxygens (including phenoxy) is 2. The average molecular weight is 501 g/mol. The number of hydrogen-bond donors (Lipinski definition) is 0. The van der Waals surface area contributed by atoms with E-state index in [0.717, 1.165) is 49.2 Å². The summed E-state index contributed by atoms with van der Waals surface area (Å²) in [4.78, 5) is 27.8. The Balaban J connectivity index is 1.48. The van der Waals surface area contributed by atoms with Gasteiger partial charge in [0.05, 0.1) is 30.8 Å². The fourth-order valence-corrected chi connectivity index (χ4v) is 5.26. The van der Waals surface area contributed by atoms with Crippen LogP contribution < -0.4 is 14.4 Å². The number of anilines is 1. The van der Waals surface area contributed by atoms with Crippen LogP contribution in [0.1, 0.15) is 55.8 Å². The fourth-order valence-electron chi connectivity index (χ4n) is 5.26. The number of carbonyl (C=O) groups excluding carboxylic acids is 1. The second kappa shape index (κ2) is 11.2. The van der Waals surface area contributed by atoms with Crippen molar-refractivity contribution in [2.75, 3.05) is 31.6 Å². The first-order valence-corrected chi connectivity index (χ1v) is 13.4. The van der Waals surface area contributed by atoms with E-state index < -0.39 is 0 Å². The molecular formula is C30H36N4O3. The first-order chi connectivity index (χ1) is 18.1. The van der Waals surface area contributed by atoms with Crippen LogP contribution in [0, 0.1) is 5.92 Å². The van der Waals surface area contributed by atoms with E-state index >= 15 is 0 Å². The maximum absolute atomic E-state index is 13.7. The molecule has 1 unspecified atom stereocenters. The number of piperidine rings is 1. The Morgan fingerprint density at radius 3 is 2.41 bits per heavy atom. The Labute approximate surface area is 219 Å². The summed E-state index contributed by atoms with van der Waals surface area (Å²) in [7, 11) is 1.63. The number of nitrogens with zero attached hydrogens (tertiary/aromatic N) is 4. The van der Waals surface area contributed by atoms with Gasteiger partial charge in [-0.25, -0.2) is 4.98 Å². The van der Waals surface area contributed by atoms with Gasteiger partial charge in [0.2, 0.25) is 17.7 Å². The second-order valence-electron chi connectivity index (χ2n) is 10.1. The number of amides is 1. The van der Waals surface area contributed by atoms with Crippen molar-refractivity contribution >= 4 is 11.9 Å². The topological polar surface area (TPSA) is 67.8 Å². The van der Waals surface area contributed by atoms with Gasteiger partial charge in [0, 0.05) is 26.1 Å². The number of aromatic nitrogens is 2. The van der Waals surface area contributed by atoms with Crippen LogP contribution in [0.5, 0.6) is 17.4 Å². The summed E-state index contributed by atoms with van der Waals surface area (Å²) in [6.45, 7) is 7.31. The van der Waals surface area contributed by atoms with E-state index in [0.29, 0.717) is 48.8 Å². The first-order valence-electron chi connectivity index (χ1n) is 13.4. The van der Waals surface area contributed by atoms with Gasteiger partial charge in [0.1, 0.15) is 0 Å². The molecule has 0 spiro atoms. The zero-order valence-corrected chi connectivity index (χ0v) is 22.0. The smallest absolute Gasteiger partial charge is 0.230 e. The largest absolute Gasteiger partial charge is 0.493 e. The molecule has 0 radical (unpaired) electrons. The number of rotatable bonds is 7. The molecule has 1 fully saturated rings. The van der Waals surface area contributed by atoms with Crippen molar-refractivity contribution in [1.82, 2.24) is 14.9 Å². The normalized spacial score (nSPS) is 16.7. The van der Waals surface area contributed by atoms with E-state index in [1.165, 1.54) is 0 Å². The molecule has 7 nitrogen and oxygen atoms in total. The molecule has 0 aliphatic carbocycles. The lowest BCUT2D eigenvalue weighted by atomic mass is 9.94. The molecule has 1 atom stereocenters. The molecule has 2 aliphatic heterocycles. The molecule has 0 N–H and O–H groups in total. The Morgan fingerprint density at radius 2 is 1.70 bits per heavy atom. The molecule has 1 amide bonds. The summed E-state index contributed by atoms with van der Waals surface area (Å²) in [5, 5.41) is 0. The van der Waals surface area contributed by atoms with Crippen molar-refractivity contribution in [2.24, 2.45) is 5.92 Å². The number of carbonyl (C=O) groups is 1. The van der Waals surface area contributed by atoms with Gasteiger partial charge in [0.15, 0.2) is 11.5 Å². The second-order valence-corrected chi connectivity index (χ2v) is 10.1. The van der Waals surface area contributed by atoms with Crippen LogP contribution in [0.3, 0.4) is 0 Å². The highest BCUT2D eigenvalue weighted by atomic mass is 16.5.